The number of aryl methyl sites for hydroxylation is 1. The lowest BCUT2D eigenvalue weighted by Gasteiger charge is -2.17. The van der Waals surface area contributed by atoms with Crippen LogP contribution < -0.4 is 4.80 Å². The van der Waals surface area contributed by atoms with E-state index in [-0.39, 0.29) is 11.3 Å². The molecule has 1 aliphatic rings. The standard InChI is InChI=1S/C20H25FN2OS/c1-12-6-9-15(21)10-16(12)18(24)22-19-23(11-14-7-8-14)13(2)17(25-19)20(3,4)5/h6,9-10,14H,7-8,11H2,1-5H3/b22-19-. The Morgan fingerprint density at radius 3 is 2.60 bits per heavy atom. The number of carbonyl (C=O) groups excluding carboxylic acids is 1. The van der Waals surface area contributed by atoms with Crippen molar-refractivity contribution in [2.24, 2.45) is 10.9 Å². The van der Waals surface area contributed by atoms with Crippen molar-refractivity contribution in [1.29, 1.82) is 0 Å². The van der Waals surface area contributed by atoms with Crippen molar-refractivity contribution in [3.8, 4) is 0 Å². The number of benzene rings is 1. The van der Waals surface area contributed by atoms with E-state index in [9.17, 15) is 9.18 Å². The van der Waals surface area contributed by atoms with Crippen molar-refractivity contribution in [2.75, 3.05) is 0 Å². The van der Waals surface area contributed by atoms with E-state index in [2.05, 4.69) is 37.3 Å². The molecule has 0 N–H and O–H groups in total. The fourth-order valence-corrected chi connectivity index (χ4v) is 4.21. The minimum absolute atomic E-state index is 0.00560. The molecule has 0 bridgehead atoms. The Morgan fingerprint density at radius 1 is 1.32 bits per heavy atom. The molecule has 0 radical (unpaired) electrons. The summed E-state index contributed by atoms with van der Waals surface area (Å²) in [7, 11) is 0. The SMILES string of the molecule is Cc1ccc(F)cc1C(=O)/N=c1\sc(C(C)(C)C)c(C)n1CC1CC1. The van der Waals surface area contributed by atoms with Gasteiger partial charge in [-0.2, -0.15) is 4.99 Å². The van der Waals surface area contributed by atoms with E-state index in [1.807, 2.05) is 0 Å². The van der Waals surface area contributed by atoms with Crippen molar-refractivity contribution >= 4 is 17.2 Å². The van der Waals surface area contributed by atoms with Crippen LogP contribution in [0.4, 0.5) is 4.39 Å². The molecule has 0 spiro atoms. The molecular formula is C20H25FN2OS. The van der Waals surface area contributed by atoms with Gasteiger partial charge in [0.1, 0.15) is 5.82 Å². The zero-order chi connectivity index (χ0) is 18.4. The molecule has 0 saturated heterocycles. The van der Waals surface area contributed by atoms with Gasteiger partial charge in [-0.1, -0.05) is 26.8 Å². The van der Waals surface area contributed by atoms with Gasteiger partial charge in [-0.15, -0.1) is 11.3 Å². The average molecular weight is 360 g/mol. The Morgan fingerprint density at radius 2 is 2.00 bits per heavy atom. The van der Waals surface area contributed by atoms with Crippen LogP contribution in [0.15, 0.2) is 23.2 Å². The highest BCUT2D eigenvalue weighted by molar-refractivity contribution is 7.09. The van der Waals surface area contributed by atoms with Gasteiger partial charge in [-0.3, -0.25) is 4.79 Å². The van der Waals surface area contributed by atoms with Crippen LogP contribution >= 0.6 is 11.3 Å². The fraction of sp³-hybridized carbons (Fsp3) is 0.500. The molecule has 1 aromatic carbocycles. The molecule has 1 heterocycles. The van der Waals surface area contributed by atoms with Crippen molar-refractivity contribution in [3.63, 3.8) is 0 Å². The minimum atomic E-state index is -0.409. The van der Waals surface area contributed by atoms with Crippen LogP contribution in [0.1, 0.15) is 60.1 Å². The molecule has 1 aliphatic carbocycles. The van der Waals surface area contributed by atoms with Gasteiger partial charge in [0.2, 0.25) is 0 Å². The summed E-state index contributed by atoms with van der Waals surface area (Å²) in [5.41, 5.74) is 2.27. The second-order valence-corrected chi connectivity index (χ2v) is 8.96. The van der Waals surface area contributed by atoms with Gasteiger partial charge in [0.25, 0.3) is 5.91 Å². The Hall–Kier alpha value is -1.75. The predicted molar refractivity (Wildman–Crippen MR) is 99.5 cm³/mol. The van der Waals surface area contributed by atoms with Gasteiger partial charge in [0, 0.05) is 22.7 Å². The lowest BCUT2D eigenvalue weighted by molar-refractivity contribution is 0.0996. The molecule has 0 atom stereocenters. The normalized spacial score (nSPS) is 15.7. The molecular weight excluding hydrogens is 335 g/mol. The van der Waals surface area contributed by atoms with Gasteiger partial charge < -0.3 is 4.57 Å². The summed E-state index contributed by atoms with van der Waals surface area (Å²) in [6.07, 6.45) is 2.48. The maximum atomic E-state index is 13.5. The Bertz CT molecular complexity index is 882. The van der Waals surface area contributed by atoms with Gasteiger partial charge >= 0.3 is 0 Å². The van der Waals surface area contributed by atoms with E-state index >= 15 is 0 Å². The molecule has 0 unspecified atom stereocenters. The van der Waals surface area contributed by atoms with E-state index in [4.69, 9.17) is 0 Å². The maximum Gasteiger partial charge on any atom is 0.280 e. The zero-order valence-electron chi connectivity index (χ0n) is 15.5. The summed E-state index contributed by atoms with van der Waals surface area (Å²) < 4.78 is 15.7. The van der Waals surface area contributed by atoms with E-state index in [1.165, 1.54) is 35.5 Å². The van der Waals surface area contributed by atoms with E-state index in [0.29, 0.717) is 11.5 Å². The average Bonchev–Trinajstić information content (AvgIpc) is 3.28. The third kappa shape index (κ3) is 3.92. The number of rotatable bonds is 3. The molecule has 0 aliphatic heterocycles. The van der Waals surface area contributed by atoms with Crippen LogP contribution in [0.5, 0.6) is 0 Å². The second kappa shape index (κ2) is 6.52. The first kappa shape index (κ1) is 18.1. The molecule has 1 fully saturated rings. The molecule has 3 rings (SSSR count). The second-order valence-electron chi connectivity index (χ2n) is 7.98. The highest BCUT2D eigenvalue weighted by Crippen LogP contribution is 2.33. The maximum absolute atomic E-state index is 13.5. The summed E-state index contributed by atoms with van der Waals surface area (Å²) in [5.74, 6) is -0.0953. The molecule has 25 heavy (non-hydrogen) atoms. The largest absolute Gasteiger partial charge is 0.320 e. The van der Waals surface area contributed by atoms with Crippen LogP contribution in [0.3, 0.4) is 0 Å². The molecule has 3 nitrogen and oxygen atoms in total. The van der Waals surface area contributed by atoms with E-state index in [1.54, 1.807) is 24.3 Å². The summed E-state index contributed by atoms with van der Waals surface area (Å²) in [6.45, 7) is 11.4. The molecule has 134 valence electrons. The van der Waals surface area contributed by atoms with Gasteiger partial charge in [-0.25, -0.2) is 4.39 Å². The number of halogens is 1. The third-order valence-electron chi connectivity index (χ3n) is 4.60. The first-order valence-corrected chi connectivity index (χ1v) is 9.54. The fourth-order valence-electron chi connectivity index (χ4n) is 3.01. The van der Waals surface area contributed by atoms with E-state index < -0.39 is 5.82 Å². The summed E-state index contributed by atoms with van der Waals surface area (Å²) in [5, 5.41) is 0. The number of thiazole rings is 1. The predicted octanol–water partition coefficient (Wildman–Crippen LogP) is 4.75. The highest BCUT2D eigenvalue weighted by atomic mass is 32.1. The smallest absolute Gasteiger partial charge is 0.280 e. The lowest BCUT2D eigenvalue weighted by atomic mass is 9.93. The van der Waals surface area contributed by atoms with Gasteiger partial charge in [-0.05, 0) is 55.7 Å². The molecule has 1 aromatic heterocycles. The van der Waals surface area contributed by atoms with Crippen molar-refractivity contribution < 1.29 is 9.18 Å². The molecule has 1 amide bonds. The summed E-state index contributed by atoms with van der Waals surface area (Å²) in [4.78, 5) is 19.0. The van der Waals surface area contributed by atoms with Crippen LogP contribution in [0, 0.1) is 25.6 Å². The molecule has 1 saturated carbocycles. The Kier molecular flexibility index (Phi) is 4.71. The van der Waals surface area contributed by atoms with Crippen molar-refractivity contribution in [3.05, 3.63) is 50.5 Å². The first-order chi connectivity index (χ1) is 11.7. The monoisotopic (exact) mass is 360 g/mol. The topological polar surface area (TPSA) is 34.4 Å². The number of nitrogens with zero attached hydrogens (tertiary/aromatic N) is 2. The van der Waals surface area contributed by atoms with Crippen molar-refractivity contribution in [1.82, 2.24) is 4.57 Å². The van der Waals surface area contributed by atoms with Gasteiger partial charge in [0.05, 0.1) is 0 Å². The number of amides is 1. The van der Waals surface area contributed by atoms with Crippen LogP contribution in [0.25, 0.3) is 0 Å². The first-order valence-electron chi connectivity index (χ1n) is 8.72. The highest BCUT2D eigenvalue weighted by Gasteiger charge is 2.27. The quantitative estimate of drug-likeness (QED) is 0.777. The van der Waals surface area contributed by atoms with Crippen LogP contribution in [-0.4, -0.2) is 10.5 Å². The molecule has 2 aromatic rings. The molecule has 5 heteroatoms. The Labute approximate surface area is 152 Å². The van der Waals surface area contributed by atoms with Crippen molar-refractivity contribution in [2.45, 2.75) is 59.4 Å². The van der Waals surface area contributed by atoms with Crippen LogP contribution in [0.2, 0.25) is 0 Å². The lowest BCUT2D eigenvalue weighted by Crippen LogP contribution is -2.20. The number of carbonyl (C=O) groups is 1. The van der Waals surface area contributed by atoms with Crippen LogP contribution in [-0.2, 0) is 12.0 Å². The number of aromatic nitrogens is 1. The number of hydrogen-bond acceptors (Lipinski definition) is 2. The van der Waals surface area contributed by atoms with Gasteiger partial charge in [0.15, 0.2) is 4.80 Å². The minimum Gasteiger partial charge on any atom is -0.320 e. The zero-order valence-corrected chi connectivity index (χ0v) is 16.3. The Balaban J connectivity index is 2.09. The van der Waals surface area contributed by atoms with E-state index in [0.717, 1.165) is 16.9 Å². The number of hydrogen-bond donors (Lipinski definition) is 0. The summed E-state index contributed by atoms with van der Waals surface area (Å²) >= 11 is 1.58. The third-order valence-corrected chi connectivity index (χ3v) is 6.21. The summed E-state index contributed by atoms with van der Waals surface area (Å²) in [6, 6.07) is 4.26.